The van der Waals surface area contributed by atoms with Crippen LogP contribution in [-0.4, -0.2) is 17.4 Å². The fourth-order valence-electron chi connectivity index (χ4n) is 1.22. The molecule has 0 radical (unpaired) electrons. The molecule has 0 amide bonds. The van der Waals surface area contributed by atoms with Crippen LogP contribution in [-0.2, 0) is 4.74 Å². The molecule has 1 aromatic carbocycles. The fourth-order valence-corrected chi connectivity index (χ4v) is 1.44. The van der Waals surface area contributed by atoms with Crippen molar-refractivity contribution in [2.24, 2.45) is 0 Å². The third-order valence-corrected chi connectivity index (χ3v) is 2.28. The first kappa shape index (κ1) is 11.9. The summed E-state index contributed by atoms with van der Waals surface area (Å²) in [4.78, 5) is 11.6. The summed E-state index contributed by atoms with van der Waals surface area (Å²) in [5, 5.41) is 0.516. The van der Waals surface area contributed by atoms with Crippen molar-refractivity contribution < 1.29 is 9.53 Å². The van der Waals surface area contributed by atoms with Crippen LogP contribution in [0.15, 0.2) is 30.3 Å². The van der Waals surface area contributed by atoms with Crippen LogP contribution < -0.4 is 0 Å². The average Bonchev–Trinajstić information content (AvgIpc) is 2.27. The van der Waals surface area contributed by atoms with E-state index in [-0.39, 0.29) is 5.78 Å². The number of hydrogen-bond donors (Lipinski definition) is 0. The Balaban J connectivity index is 2.40. The lowest BCUT2D eigenvalue weighted by molar-refractivity contribution is 0.0983. The lowest BCUT2D eigenvalue weighted by Gasteiger charge is -2.04. The standard InChI is InChI=1S/C12H14O2S/c1-2-14-12(15)9-8-11(13)10-6-4-3-5-7-10/h3-7H,2,8-9H2,1H3. The molecule has 1 aromatic rings. The second kappa shape index (κ2) is 6.30. The van der Waals surface area contributed by atoms with Crippen molar-refractivity contribution >= 4 is 23.1 Å². The van der Waals surface area contributed by atoms with E-state index in [1.54, 1.807) is 0 Å². The van der Waals surface area contributed by atoms with Crippen LogP contribution in [0.25, 0.3) is 0 Å². The highest BCUT2D eigenvalue weighted by Gasteiger charge is 2.06. The predicted octanol–water partition coefficient (Wildman–Crippen LogP) is 3.01. The van der Waals surface area contributed by atoms with Crippen LogP contribution >= 0.6 is 12.2 Å². The molecule has 0 atom stereocenters. The summed E-state index contributed by atoms with van der Waals surface area (Å²) in [7, 11) is 0. The van der Waals surface area contributed by atoms with Gasteiger partial charge in [-0.1, -0.05) is 30.3 Å². The number of carbonyl (C=O) groups is 1. The third-order valence-electron chi connectivity index (χ3n) is 1.96. The first-order chi connectivity index (χ1) is 7.24. The Labute approximate surface area is 95.3 Å². The van der Waals surface area contributed by atoms with Crippen molar-refractivity contribution in [2.45, 2.75) is 19.8 Å². The van der Waals surface area contributed by atoms with Gasteiger partial charge in [0.2, 0.25) is 0 Å². The maximum absolute atomic E-state index is 11.6. The largest absolute Gasteiger partial charge is 0.487 e. The lowest BCUT2D eigenvalue weighted by atomic mass is 10.1. The molecule has 15 heavy (non-hydrogen) atoms. The highest BCUT2D eigenvalue weighted by atomic mass is 32.1. The number of ether oxygens (including phenoxy) is 1. The van der Waals surface area contributed by atoms with E-state index >= 15 is 0 Å². The van der Waals surface area contributed by atoms with Crippen molar-refractivity contribution in [3.8, 4) is 0 Å². The number of carbonyl (C=O) groups excluding carboxylic acids is 1. The van der Waals surface area contributed by atoms with Crippen molar-refractivity contribution in [1.29, 1.82) is 0 Å². The van der Waals surface area contributed by atoms with E-state index in [2.05, 4.69) is 0 Å². The maximum Gasteiger partial charge on any atom is 0.163 e. The number of ketones is 1. The van der Waals surface area contributed by atoms with Crippen LogP contribution in [0.2, 0.25) is 0 Å². The van der Waals surface area contributed by atoms with Gasteiger partial charge in [0.05, 0.1) is 6.61 Å². The van der Waals surface area contributed by atoms with Gasteiger partial charge in [-0.2, -0.15) is 0 Å². The molecule has 0 aliphatic carbocycles. The zero-order valence-corrected chi connectivity index (χ0v) is 9.55. The SMILES string of the molecule is CCOC(=S)CCC(=O)c1ccccc1. The minimum atomic E-state index is 0.109. The highest BCUT2D eigenvalue weighted by Crippen LogP contribution is 2.06. The van der Waals surface area contributed by atoms with Gasteiger partial charge in [0.15, 0.2) is 10.8 Å². The van der Waals surface area contributed by atoms with Crippen LogP contribution in [0.3, 0.4) is 0 Å². The van der Waals surface area contributed by atoms with Gasteiger partial charge >= 0.3 is 0 Å². The highest BCUT2D eigenvalue weighted by molar-refractivity contribution is 7.80. The molecule has 0 N–H and O–H groups in total. The van der Waals surface area contributed by atoms with E-state index in [9.17, 15) is 4.79 Å². The Morgan fingerprint density at radius 2 is 1.93 bits per heavy atom. The Morgan fingerprint density at radius 3 is 2.53 bits per heavy atom. The van der Waals surface area contributed by atoms with Gasteiger partial charge in [-0.25, -0.2) is 0 Å². The van der Waals surface area contributed by atoms with E-state index in [1.807, 2.05) is 37.3 Å². The summed E-state index contributed by atoms with van der Waals surface area (Å²) in [6.45, 7) is 2.45. The quantitative estimate of drug-likeness (QED) is 0.566. The summed E-state index contributed by atoms with van der Waals surface area (Å²) in [5.41, 5.74) is 0.733. The Hall–Kier alpha value is -1.22. The molecule has 0 fully saturated rings. The number of rotatable bonds is 5. The molecule has 80 valence electrons. The molecule has 0 saturated carbocycles. The molecule has 3 heteroatoms. The van der Waals surface area contributed by atoms with Crippen molar-refractivity contribution in [1.82, 2.24) is 0 Å². The van der Waals surface area contributed by atoms with Crippen LogP contribution in [0, 0.1) is 0 Å². The van der Waals surface area contributed by atoms with Crippen molar-refractivity contribution in [3.05, 3.63) is 35.9 Å². The molecule has 0 unspecified atom stereocenters. The fraction of sp³-hybridized carbons (Fsp3) is 0.333. The van der Waals surface area contributed by atoms with Gasteiger partial charge in [-0.3, -0.25) is 4.79 Å². The van der Waals surface area contributed by atoms with Crippen LogP contribution in [0.1, 0.15) is 30.1 Å². The smallest absolute Gasteiger partial charge is 0.163 e. The molecule has 0 saturated heterocycles. The maximum atomic E-state index is 11.6. The Morgan fingerprint density at radius 1 is 1.27 bits per heavy atom. The number of Topliss-reactive ketones (excluding diaryl/α,β-unsaturated/α-hetero) is 1. The summed E-state index contributed by atoms with van der Waals surface area (Å²) in [6.07, 6.45) is 0.944. The molecular weight excluding hydrogens is 208 g/mol. The van der Waals surface area contributed by atoms with Gasteiger partial charge in [0, 0.05) is 18.4 Å². The van der Waals surface area contributed by atoms with Gasteiger partial charge in [0.1, 0.15) is 0 Å². The van der Waals surface area contributed by atoms with Crippen LogP contribution in [0.5, 0.6) is 0 Å². The first-order valence-electron chi connectivity index (χ1n) is 4.98. The van der Waals surface area contributed by atoms with Crippen molar-refractivity contribution in [2.75, 3.05) is 6.61 Å². The Bertz CT molecular complexity index is 333. The zero-order valence-electron chi connectivity index (χ0n) is 8.73. The number of benzene rings is 1. The number of hydrogen-bond acceptors (Lipinski definition) is 3. The van der Waals surface area contributed by atoms with Gasteiger partial charge in [0.25, 0.3) is 0 Å². The zero-order chi connectivity index (χ0) is 11.1. The third kappa shape index (κ3) is 4.21. The van der Waals surface area contributed by atoms with Crippen molar-refractivity contribution in [3.63, 3.8) is 0 Å². The first-order valence-corrected chi connectivity index (χ1v) is 5.38. The summed E-state index contributed by atoms with van der Waals surface area (Å²) in [6, 6.07) is 9.22. The van der Waals surface area contributed by atoms with E-state index in [4.69, 9.17) is 17.0 Å². The lowest BCUT2D eigenvalue weighted by Crippen LogP contribution is -2.06. The average molecular weight is 222 g/mol. The van der Waals surface area contributed by atoms with E-state index < -0.39 is 0 Å². The molecule has 0 heterocycles. The molecule has 2 nitrogen and oxygen atoms in total. The minimum absolute atomic E-state index is 0.109. The van der Waals surface area contributed by atoms with Crippen LogP contribution in [0.4, 0.5) is 0 Å². The number of thiocarbonyl (C=S) groups is 1. The molecule has 0 bridgehead atoms. The van der Waals surface area contributed by atoms with Gasteiger partial charge < -0.3 is 4.74 Å². The van der Waals surface area contributed by atoms with E-state index in [0.717, 1.165) is 5.56 Å². The summed E-state index contributed by atoms with van der Waals surface area (Å²) in [5.74, 6) is 0.109. The molecule has 1 rings (SSSR count). The topological polar surface area (TPSA) is 26.3 Å². The molecular formula is C12H14O2S. The normalized spacial score (nSPS) is 9.67. The van der Waals surface area contributed by atoms with E-state index in [1.165, 1.54) is 0 Å². The molecule has 0 spiro atoms. The van der Waals surface area contributed by atoms with Gasteiger partial charge in [-0.05, 0) is 19.1 Å². The summed E-state index contributed by atoms with van der Waals surface area (Å²) >= 11 is 4.95. The predicted molar refractivity (Wildman–Crippen MR) is 64.2 cm³/mol. The van der Waals surface area contributed by atoms with Gasteiger partial charge in [-0.15, -0.1) is 0 Å². The summed E-state index contributed by atoms with van der Waals surface area (Å²) < 4.78 is 5.11. The molecule has 0 aliphatic heterocycles. The second-order valence-electron chi connectivity index (χ2n) is 3.09. The Kier molecular flexibility index (Phi) is 4.98. The minimum Gasteiger partial charge on any atom is -0.487 e. The molecule has 0 aromatic heterocycles. The van der Waals surface area contributed by atoms with E-state index in [0.29, 0.717) is 24.5 Å². The monoisotopic (exact) mass is 222 g/mol. The second-order valence-corrected chi connectivity index (χ2v) is 3.55. The molecule has 0 aliphatic rings.